The van der Waals surface area contributed by atoms with Gasteiger partial charge in [-0.15, -0.1) is 0 Å². The molecule has 0 aliphatic heterocycles. The zero-order chi connectivity index (χ0) is 12.6. The Morgan fingerprint density at radius 1 is 1.20 bits per heavy atom. The van der Waals surface area contributed by atoms with Crippen LogP contribution in [0.3, 0.4) is 0 Å². The highest BCUT2D eigenvalue weighted by Gasteiger charge is 2.10. The van der Waals surface area contributed by atoms with Crippen molar-refractivity contribution in [3.8, 4) is 0 Å². The average molecular weight is 216 g/mol. The van der Waals surface area contributed by atoms with E-state index in [-0.39, 0.29) is 11.7 Å². The molecule has 0 aromatic heterocycles. The summed E-state index contributed by atoms with van der Waals surface area (Å²) in [7, 11) is 1.25. The molecule has 0 bridgehead atoms. The fraction of sp³-hybridized carbons (Fsp3) is 0.545. The van der Waals surface area contributed by atoms with Gasteiger partial charge in [-0.1, -0.05) is 18.7 Å². The molecule has 0 saturated heterocycles. The minimum atomic E-state index is -0.822. The number of esters is 1. The lowest BCUT2D eigenvalue weighted by atomic mass is 10.2. The van der Waals surface area contributed by atoms with Gasteiger partial charge < -0.3 is 14.9 Å². The molecular formula is C11H20O4. The zero-order valence-corrected chi connectivity index (χ0v) is 9.78. The van der Waals surface area contributed by atoms with Crippen LogP contribution in [-0.2, 0) is 9.53 Å². The lowest BCUT2D eigenvalue weighted by molar-refractivity contribution is -0.137. The van der Waals surface area contributed by atoms with Crippen molar-refractivity contribution >= 4 is 5.97 Å². The second-order valence-electron chi connectivity index (χ2n) is 3.22. The second kappa shape index (κ2) is 8.20. The molecule has 2 atom stereocenters. The van der Waals surface area contributed by atoms with Crippen molar-refractivity contribution in [2.24, 2.45) is 0 Å². The summed E-state index contributed by atoms with van der Waals surface area (Å²) < 4.78 is 4.27. The molecule has 2 unspecified atom stereocenters. The number of methoxy groups -OCH3 is 1. The van der Waals surface area contributed by atoms with Crippen LogP contribution in [0.15, 0.2) is 24.3 Å². The Balaban J connectivity index is 0. The molecule has 0 aromatic rings. The van der Waals surface area contributed by atoms with Gasteiger partial charge in [0.2, 0.25) is 0 Å². The van der Waals surface area contributed by atoms with Crippen molar-refractivity contribution in [3.05, 3.63) is 24.3 Å². The van der Waals surface area contributed by atoms with Crippen LogP contribution in [0.4, 0.5) is 0 Å². The van der Waals surface area contributed by atoms with E-state index in [0.29, 0.717) is 0 Å². The molecule has 0 spiro atoms. The van der Waals surface area contributed by atoms with Gasteiger partial charge in [0.15, 0.2) is 0 Å². The molecule has 0 rings (SSSR count). The third kappa shape index (κ3) is 9.18. The van der Waals surface area contributed by atoms with Crippen molar-refractivity contribution in [2.45, 2.75) is 33.0 Å². The van der Waals surface area contributed by atoms with Crippen LogP contribution >= 0.6 is 0 Å². The second-order valence-corrected chi connectivity index (χ2v) is 3.22. The normalized spacial score (nSPS) is 12.9. The number of aliphatic hydroxyl groups excluding tert-OH is 2. The first-order chi connectivity index (χ1) is 6.73. The summed E-state index contributed by atoms with van der Waals surface area (Å²) in [5.74, 6) is -0.565. The smallest absolute Gasteiger partial charge is 0.335 e. The van der Waals surface area contributed by atoms with E-state index in [1.807, 2.05) is 0 Å². The van der Waals surface area contributed by atoms with E-state index in [0.717, 1.165) is 5.57 Å². The van der Waals surface area contributed by atoms with Crippen LogP contribution in [-0.4, -0.2) is 35.5 Å². The number of ether oxygens (including phenoxy) is 1. The maximum absolute atomic E-state index is 10.5. The van der Waals surface area contributed by atoms with E-state index in [9.17, 15) is 4.79 Å². The van der Waals surface area contributed by atoms with Gasteiger partial charge in [0.05, 0.1) is 24.9 Å². The summed E-state index contributed by atoms with van der Waals surface area (Å²) >= 11 is 0. The summed E-state index contributed by atoms with van der Waals surface area (Å²) in [5.41, 5.74) is 0.896. The number of rotatable bonds is 3. The Kier molecular flexibility index (Phi) is 8.91. The third-order valence-corrected chi connectivity index (χ3v) is 1.67. The van der Waals surface area contributed by atoms with Crippen molar-refractivity contribution < 1.29 is 19.7 Å². The lowest BCUT2D eigenvalue weighted by Crippen LogP contribution is -2.14. The molecule has 0 heterocycles. The first-order valence-corrected chi connectivity index (χ1v) is 4.52. The molecular weight excluding hydrogens is 196 g/mol. The maximum atomic E-state index is 10.5. The molecule has 0 radical (unpaired) electrons. The topological polar surface area (TPSA) is 66.8 Å². The molecule has 0 saturated carbocycles. The van der Waals surface area contributed by atoms with Crippen molar-refractivity contribution in [1.29, 1.82) is 0 Å². The Morgan fingerprint density at radius 3 is 1.60 bits per heavy atom. The Labute approximate surface area is 90.9 Å². The quantitative estimate of drug-likeness (QED) is 0.420. The lowest BCUT2D eigenvalue weighted by Gasteiger charge is -2.03. The van der Waals surface area contributed by atoms with Gasteiger partial charge in [0.1, 0.15) is 0 Å². The molecule has 0 aliphatic rings. The molecule has 2 N–H and O–H groups in total. The van der Waals surface area contributed by atoms with E-state index in [2.05, 4.69) is 17.9 Å². The summed E-state index contributed by atoms with van der Waals surface area (Å²) in [6, 6.07) is 0. The monoisotopic (exact) mass is 216 g/mol. The summed E-state index contributed by atoms with van der Waals surface area (Å²) in [5, 5.41) is 17.3. The molecule has 0 aliphatic carbocycles. The summed E-state index contributed by atoms with van der Waals surface area (Å²) in [6.07, 6.45) is -1.16. The number of carbonyl (C=O) groups excluding carboxylic acids is 1. The van der Waals surface area contributed by atoms with Gasteiger partial charge in [-0.3, -0.25) is 0 Å². The molecule has 0 amide bonds. The van der Waals surface area contributed by atoms with E-state index in [1.165, 1.54) is 14.0 Å². The minimum absolute atomic E-state index is 0.0810. The fourth-order valence-electron chi connectivity index (χ4n) is 0.302. The number of hydrogen-bond acceptors (Lipinski definition) is 4. The van der Waals surface area contributed by atoms with Gasteiger partial charge in [-0.05, 0) is 20.8 Å². The van der Waals surface area contributed by atoms with Crippen LogP contribution in [0, 0.1) is 0 Å². The molecule has 15 heavy (non-hydrogen) atoms. The van der Waals surface area contributed by atoms with E-state index >= 15 is 0 Å². The Hall–Kier alpha value is -1.13. The largest absolute Gasteiger partial charge is 0.466 e. The highest BCUT2D eigenvalue weighted by molar-refractivity contribution is 5.88. The molecule has 88 valence electrons. The SMILES string of the molecule is C=C(C(=O)OC)C(C)O.C=C(C)C(C)O. The first-order valence-electron chi connectivity index (χ1n) is 4.52. The zero-order valence-electron chi connectivity index (χ0n) is 9.78. The molecule has 0 fully saturated rings. The van der Waals surface area contributed by atoms with Crippen LogP contribution in [0.25, 0.3) is 0 Å². The maximum Gasteiger partial charge on any atom is 0.335 e. The first kappa shape index (κ1) is 16.3. The molecule has 0 aromatic carbocycles. The van der Waals surface area contributed by atoms with Crippen LogP contribution in [0.2, 0.25) is 0 Å². The highest BCUT2D eigenvalue weighted by atomic mass is 16.5. The predicted octanol–water partition coefficient (Wildman–Crippen LogP) is 1.04. The molecule has 4 heteroatoms. The minimum Gasteiger partial charge on any atom is -0.466 e. The van der Waals surface area contributed by atoms with Gasteiger partial charge in [-0.2, -0.15) is 0 Å². The van der Waals surface area contributed by atoms with E-state index < -0.39 is 12.1 Å². The third-order valence-electron chi connectivity index (χ3n) is 1.67. The van der Waals surface area contributed by atoms with Crippen molar-refractivity contribution in [3.63, 3.8) is 0 Å². The van der Waals surface area contributed by atoms with Crippen molar-refractivity contribution in [1.82, 2.24) is 0 Å². The highest BCUT2D eigenvalue weighted by Crippen LogP contribution is 1.98. The number of aliphatic hydroxyl groups is 2. The fourth-order valence-corrected chi connectivity index (χ4v) is 0.302. The number of hydrogen-bond donors (Lipinski definition) is 2. The van der Waals surface area contributed by atoms with Gasteiger partial charge >= 0.3 is 5.97 Å². The Morgan fingerprint density at radius 2 is 1.53 bits per heavy atom. The Bertz CT molecular complexity index is 229. The van der Waals surface area contributed by atoms with Crippen molar-refractivity contribution in [2.75, 3.05) is 7.11 Å². The van der Waals surface area contributed by atoms with Gasteiger partial charge in [0, 0.05) is 0 Å². The van der Waals surface area contributed by atoms with Crippen LogP contribution < -0.4 is 0 Å². The summed E-state index contributed by atoms with van der Waals surface area (Å²) in [6.45, 7) is 11.8. The van der Waals surface area contributed by atoms with E-state index in [1.54, 1.807) is 13.8 Å². The summed E-state index contributed by atoms with van der Waals surface area (Å²) in [4.78, 5) is 10.5. The van der Waals surface area contributed by atoms with Gasteiger partial charge in [-0.25, -0.2) is 4.79 Å². The predicted molar refractivity (Wildman–Crippen MR) is 59.3 cm³/mol. The standard InChI is InChI=1S/C6H10O3.C5H10O/c1-4(5(2)7)6(8)9-3;1-4(2)5(3)6/h5,7H,1H2,2-3H3;5-6H,1H2,2-3H3. The van der Waals surface area contributed by atoms with Crippen LogP contribution in [0.1, 0.15) is 20.8 Å². The molecule has 4 nitrogen and oxygen atoms in total. The average Bonchev–Trinajstić information content (AvgIpc) is 2.16. The van der Waals surface area contributed by atoms with Gasteiger partial charge in [0.25, 0.3) is 0 Å². The van der Waals surface area contributed by atoms with Crippen LogP contribution in [0.5, 0.6) is 0 Å². The number of carbonyl (C=O) groups is 1. The van der Waals surface area contributed by atoms with E-state index in [4.69, 9.17) is 10.2 Å².